The topological polar surface area (TPSA) is 55.3 Å². The second-order valence-electron chi connectivity index (χ2n) is 6.88. The number of nitrogens with zero attached hydrogens (tertiary/aromatic N) is 3. The minimum Gasteiger partial charge on any atom is -0.443 e. The molecule has 2 aromatic rings. The van der Waals surface area contributed by atoms with Crippen LogP contribution in [0, 0.1) is 13.8 Å². The number of thioether (sulfide) groups is 1. The van der Waals surface area contributed by atoms with E-state index in [0.717, 1.165) is 16.7 Å². The highest BCUT2D eigenvalue weighted by molar-refractivity contribution is 7.98. The summed E-state index contributed by atoms with van der Waals surface area (Å²) in [6, 6.07) is 6.08. The molecule has 1 heterocycles. The summed E-state index contributed by atoms with van der Waals surface area (Å²) in [5.74, 6) is 0.544. The minimum atomic E-state index is -0.569. The van der Waals surface area contributed by atoms with Crippen molar-refractivity contribution in [2.75, 3.05) is 18.2 Å². The molecule has 0 aliphatic rings. The van der Waals surface area contributed by atoms with E-state index in [9.17, 15) is 4.79 Å². The van der Waals surface area contributed by atoms with E-state index in [1.165, 1.54) is 22.2 Å². The number of carbonyl (C=O) groups is 1. The number of aryl methyl sites for hydroxylation is 1. The molecule has 0 bridgehead atoms. The van der Waals surface area contributed by atoms with Gasteiger partial charge in [-0.1, -0.05) is 30.0 Å². The van der Waals surface area contributed by atoms with Crippen LogP contribution in [0.25, 0.3) is 11.1 Å². The van der Waals surface area contributed by atoms with Crippen LogP contribution in [0.15, 0.2) is 29.6 Å². The van der Waals surface area contributed by atoms with E-state index in [0.29, 0.717) is 11.0 Å². The molecule has 2 rings (SSSR count). The summed E-state index contributed by atoms with van der Waals surface area (Å²) in [5, 5.41) is 0.611. The summed E-state index contributed by atoms with van der Waals surface area (Å²) in [7, 11) is 1.68. The Balaban J connectivity index is 2.55. The predicted octanol–water partition coefficient (Wildman–Crippen LogP) is 4.85. The van der Waals surface area contributed by atoms with Crippen LogP contribution < -0.4 is 4.90 Å². The molecule has 134 valence electrons. The lowest BCUT2D eigenvalue weighted by Gasteiger charge is -2.25. The highest BCUT2D eigenvalue weighted by Gasteiger charge is 2.24. The number of carbonyl (C=O) groups excluding carboxylic acids is 1. The van der Waals surface area contributed by atoms with Crippen LogP contribution in [0.3, 0.4) is 0 Å². The molecule has 0 saturated carbocycles. The van der Waals surface area contributed by atoms with Gasteiger partial charge in [0.25, 0.3) is 0 Å². The van der Waals surface area contributed by atoms with Gasteiger partial charge in [-0.3, -0.25) is 4.90 Å². The van der Waals surface area contributed by atoms with E-state index in [4.69, 9.17) is 4.74 Å². The number of amides is 1. The van der Waals surface area contributed by atoms with Gasteiger partial charge in [0.2, 0.25) is 0 Å². The van der Waals surface area contributed by atoms with E-state index in [1.54, 1.807) is 13.2 Å². The molecule has 25 heavy (non-hydrogen) atoms. The fourth-order valence-electron chi connectivity index (χ4n) is 2.36. The van der Waals surface area contributed by atoms with Gasteiger partial charge >= 0.3 is 6.09 Å². The minimum absolute atomic E-state index is 0.440. The maximum absolute atomic E-state index is 12.5. The van der Waals surface area contributed by atoms with Crippen LogP contribution in [-0.2, 0) is 4.74 Å². The normalized spacial score (nSPS) is 11.3. The van der Waals surface area contributed by atoms with Crippen molar-refractivity contribution in [2.24, 2.45) is 0 Å². The number of hydrogen-bond donors (Lipinski definition) is 0. The fraction of sp³-hybridized carbons (Fsp3) is 0.421. The number of aromatic nitrogens is 2. The van der Waals surface area contributed by atoms with Crippen LogP contribution in [0.1, 0.15) is 31.9 Å². The Hall–Kier alpha value is -2.08. The summed E-state index contributed by atoms with van der Waals surface area (Å²) in [6.45, 7) is 9.66. The average molecular weight is 359 g/mol. The van der Waals surface area contributed by atoms with Gasteiger partial charge in [0.05, 0.1) is 0 Å². The van der Waals surface area contributed by atoms with Crippen molar-refractivity contribution >= 4 is 23.7 Å². The average Bonchev–Trinajstić information content (AvgIpc) is 2.54. The number of rotatable bonds is 3. The number of anilines is 1. The summed E-state index contributed by atoms with van der Waals surface area (Å²) < 4.78 is 5.49. The van der Waals surface area contributed by atoms with E-state index in [2.05, 4.69) is 29.9 Å². The Morgan fingerprint density at radius 1 is 1.20 bits per heavy atom. The van der Waals surface area contributed by atoms with E-state index in [-0.39, 0.29) is 0 Å². The Morgan fingerprint density at radius 3 is 2.48 bits per heavy atom. The summed E-state index contributed by atoms with van der Waals surface area (Å²) in [6.07, 6.45) is 3.24. The van der Waals surface area contributed by atoms with Gasteiger partial charge in [-0.25, -0.2) is 14.8 Å². The van der Waals surface area contributed by atoms with Crippen molar-refractivity contribution in [3.8, 4) is 11.1 Å². The number of hydrogen-bond acceptors (Lipinski definition) is 5. The van der Waals surface area contributed by atoms with Crippen molar-refractivity contribution in [3.63, 3.8) is 0 Å². The van der Waals surface area contributed by atoms with E-state index in [1.807, 2.05) is 39.2 Å². The van der Waals surface area contributed by atoms with Gasteiger partial charge in [-0.2, -0.15) is 0 Å². The van der Waals surface area contributed by atoms with Crippen molar-refractivity contribution in [2.45, 2.75) is 45.4 Å². The largest absolute Gasteiger partial charge is 0.443 e. The third-order valence-electron chi connectivity index (χ3n) is 3.81. The number of ether oxygens (including phenoxy) is 1. The lowest BCUT2D eigenvalue weighted by atomic mass is 9.98. The highest BCUT2D eigenvalue weighted by atomic mass is 32.2. The van der Waals surface area contributed by atoms with Crippen molar-refractivity contribution in [1.82, 2.24) is 9.97 Å². The van der Waals surface area contributed by atoms with Crippen LogP contribution in [0.5, 0.6) is 0 Å². The van der Waals surface area contributed by atoms with Crippen LogP contribution >= 0.6 is 11.8 Å². The molecule has 0 saturated heterocycles. The molecule has 0 radical (unpaired) electrons. The van der Waals surface area contributed by atoms with E-state index >= 15 is 0 Å². The molecule has 0 aliphatic carbocycles. The maximum Gasteiger partial charge on any atom is 0.415 e. The Bertz CT molecular complexity index is 785. The molecule has 0 unspecified atom stereocenters. The lowest BCUT2D eigenvalue weighted by Crippen LogP contribution is -2.35. The molecule has 1 aromatic heterocycles. The molecule has 1 aromatic carbocycles. The summed E-state index contributed by atoms with van der Waals surface area (Å²) >= 11 is 1.44. The first-order valence-electron chi connectivity index (χ1n) is 8.08. The van der Waals surface area contributed by atoms with Gasteiger partial charge in [0.1, 0.15) is 11.4 Å². The van der Waals surface area contributed by atoms with Gasteiger partial charge in [-0.05, 0) is 57.6 Å². The van der Waals surface area contributed by atoms with Gasteiger partial charge in [0, 0.05) is 18.8 Å². The molecule has 0 fully saturated rings. The van der Waals surface area contributed by atoms with Crippen molar-refractivity contribution < 1.29 is 9.53 Å². The second kappa shape index (κ2) is 7.44. The van der Waals surface area contributed by atoms with Crippen LogP contribution in [-0.4, -0.2) is 35.0 Å². The third-order valence-corrected chi connectivity index (χ3v) is 4.37. The first kappa shape index (κ1) is 19.2. The zero-order valence-corrected chi connectivity index (χ0v) is 16.7. The van der Waals surface area contributed by atoms with Crippen LogP contribution in [0.4, 0.5) is 10.6 Å². The Labute approximate surface area is 153 Å². The summed E-state index contributed by atoms with van der Waals surface area (Å²) in [5.41, 5.74) is 3.57. The Morgan fingerprint density at radius 2 is 1.88 bits per heavy atom. The highest BCUT2D eigenvalue weighted by Crippen LogP contribution is 2.33. The maximum atomic E-state index is 12.5. The monoisotopic (exact) mass is 359 g/mol. The molecular formula is C19H25N3O2S. The molecule has 6 heteroatoms. The molecule has 0 atom stereocenters. The Kier molecular flexibility index (Phi) is 5.72. The lowest BCUT2D eigenvalue weighted by molar-refractivity contribution is 0.0588. The molecule has 1 amide bonds. The third kappa shape index (κ3) is 4.51. The smallest absolute Gasteiger partial charge is 0.415 e. The molecule has 0 spiro atoms. The molecule has 0 aliphatic heterocycles. The zero-order chi connectivity index (χ0) is 18.8. The van der Waals surface area contributed by atoms with Gasteiger partial charge in [-0.15, -0.1) is 0 Å². The SMILES string of the molecule is CSc1ncc(-c2cccc(C)c2C)c(N(C)C(=O)OC(C)(C)C)n1. The van der Waals surface area contributed by atoms with Crippen molar-refractivity contribution in [1.29, 1.82) is 0 Å². The van der Waals surface area contributed by atoms with Gasteiger partial charge < -0.3 is 4.74 Å². The molecular weight excluding hydrogens is 334 g/mol. The van der Waals surface area contributed by atoms with E-state index < -0.39 is 11.7 Å². The van der Waals surface area contributed by atoms with Crippen LogP contribution in [0.2, 0.25) is 0 Å². The van der Waals surface area contributed by atoms with Gasteiger partial charge in [0.15, 0.2) is 5.16 Å². The van der Waals surface area contributed by atoms with Crippen molar-refractivity contribution in [3.05, 3.63) is 35.5 Å². The zero-order valence-electron chi connectivity index (χ0n) is 15.9. The first-order valence-corrected chi connectivity index (χ1v) is 9.31. The standard InChI is InChI=1S/C19H25N3O2S/c1-12-9-8-10-14(13(12)2)15-11-20-17(25-7)21-16(15)22(6)18(23)24-19(3,4)5/h8-11H,1-7H3. The molecule has 0 N–H and O–H groups in total. The molecule has 5 nitrogen and oxygen atoms in total. The second-order valence-corrected chi connectivity index (χ2v) is 7.65. The number of benzene rings is 1. The quantitative estimate of drug-likeness (QED) is 0.579. The fourth-order valence-corrected chi connectivity index (χ4v) is 2.70. The summed E-state index contributed by atoms with van der Waals surface area (Å²) in [4.78, 5) is 22.9. The predicted molar refractivity (Wildman–Crippen MR) is 103 cm³/mol. The first-order chi connectivity index (χ1) is 11.6.